The number of hydrogen-bond acceptors (Lipinski definition) is 2. The maximum Gasteiger partial charge on any atom is 0.254 e. The van der Waals surface area contributed by atoms with Crippen LogP contribution < -0.4 is 11.1 Å². The molecule has 0 aliphatic rings. The number of hydrogen-bond donors (Lipinski definition) is 2. The normalized spacial score (nSPS) is 12.3. The summed E-state index contributed by atoms with van der Waals surface area (Å²) in [7, 11) is 0. The number of amides is 1. The number of nitrogens with two attached hydrogens (primary N) is 1. The van der Waals surface area contributed by atoms with Crippen LogP contribution in [0.15, 0.2) is 18.2 Å². The molecule has 1 aromatic rings. The maximum atomic E-state index is 13.4. The minimum Gasteiger partial charge on any atom is -0.348 e. The first-order valence-corrected chi connectivity index (χ1v) is 4.81. The first-order valence-electron chi connectivity index (χ1n) is 4.81. The summed E-state index contributed by atoms with van der Waals surface area (Å²) in [5, 5.41) is 2.60. The minimum atomic E-state index is -0.503. The summed E-state index contributed by atoms with van der Waals surface area (Å²) in [5.74, 6) is -0.929. The molecule has 15 heavy (non-hydrogen) atoms. The molecule has 0 fully saturated rings. The number of benzene rings is 1. The first-order chi connectivity index (χ1) is 7.04. The quantitative estimate of drug-likeness (QED) is 0.788. The smallest absolute Gasteiger partial charge is 0.254 e. The zero-order chi connectivity index (χ0) is 11.4. The van der Waals surface area contributed by atoms with E-state index in [1.165, 1.54) is 12.1 Å². The average molecular weight is 210 g/mol. The van der Waals surface area contributed by atoms with E-state index in [4.69, 9.17) is 5.73 Å². The van der Waals surface area contributed by atoms with Crippen molar-refractivity contribution >= 4 is 5.91 Å². The van der Waals surface area contributed by atoms with Crippen molar-refractivity contribution in [2.45, 2.75) is 19.9 Å². The lowest BCUT2D eigenvalue weighted by atomic mass is 10.1. The highest BCUT2D eigenvalue weighted by Gasteiger charge is 2.12. The second-order valence-electron chi connectivity index (χ2n) is 3.59. The molecule has 0 aliphatic heterocycles. The van der Waals surface area contributed by atoms with Gasteiger partial charge >= 0.3 is 0 Å². The van der Waals surface area contributed by atoms with Crippen molar-refractivity contribution in [1.82, 2.24) is 5.32 Å². The Hall–Kier alpha value is -1.42. The number of carbonyl (C=O) groups excluding carboxylic acids is 1. The van der Waals surface area contributed by atoms with Gasteiger partial charge in [-0.05, 0) is 31.5 Å². The summed E-state index contributed by atoms with van der Waals surface area (Å²) < 4.78 is 13.4. The molecular formula is C11H15FN2O. The van der Waals surface area contributed by atoms with Crippen LogP contribution in [0, 0.1) is 12.7 Å². The van der Waals surface area contributed by atoms with Crippen molar-refractivity contribution in [1.29, 1.82) is 0 Å². The lowest BCUT2D eigenvalue weighted by Gasteiger charge is -2.11. The largest absolute Gasteiger partial charge is 0.348 e. The topological polar surface area (TPSA) is 55.1 Å². The number of halogens is 1. The van der Waals surface area contributed by atoms with Crippen LogP contribution in [0.5, 0.6) is 0 Å². The van der Waals surface area contributed by atoms with E-state index in [0.717, 1.165) is 5.56 Å². The Kier molecular flexibility index (Phi) is 3.80. The molecule has 0 heterocycles. The summed E-state index contributed by atoms with van der Waals surface area (Å²) >= 11 is 0. The lowest BCUT2D eigenvalue weighted by Crippen LogP contribution is -2.38. The van der Waals surface area contributed by atoms with E-state index in [2.05, 4.69) is 5.32 Å². The molecule has 0 bridgehead atoms. The predicted octanol–water partition coefficient (Wildman–Crippen LogP) is 1.21. The summed E-state index contributed by atoms with van der Waals surface area (Å²) in [5.41, 5.74) is 6.20. The van der Waals surface area contributed by atoms with E-state index in [9.17, 15) is 9.18 Å². The van der Waals surface area contributed by atoms with Crippen molar-refractivity contribution in [2.24, 2.45) is 5.73 Å². The highest BCUT2D eigenvalue weighted by Crippen LogP contribution is 2.09. The summed E-state index contributed by atoms with van der Waals surface area (Å²) in [6, 6.07) is 4.36. The van der Waals surface area contributed by atoms with Gasteiger partial charge in [-0.15, -0.1) is 0 Å². The fourth-order valence-corrected chi connectivity index (χ4v) is 1.16. The van der Waals surface area contributed by atoms with Gasteiger partial charge in [-0.1, -0.05) is 6.07 Å². The van der Waals surface area contributed by atoms with Gasteiger partial charge in [-0.2, -0.15) is 0 Å². The third-order valence-electron chi connectivity index (χ3n) is 2.10. The van der Waals surface area contributed by atoms with Crippen molar-refractivity contribution in [3.05, 3.63) is 35.1 Å². The fraction of sp³-hybridized carbons (Fsp3) is 0.364. The van der Waals surface area contributed by atoms with Crippen LogP contribution in [0.3, 0.4) is 0 Å². The molecule has 0 saturated carbocycles. The van der Waals surface area contributed by atoms with E-state index in [1.807, 2.05) is 0 Å². The van der Waals surface area contributed by atoms with Gasteiger partial charge < -0.3 is 11.1 Å². The van der Waals surface area contributed by atoms with E-state index in [1.54, 1.807) is 19.9 Å². The van der Waals surface area contributed by atoms with Crippen LogP contribution >= 0.6 is 0 Å². The third kappa shape index (κ3) is 3.02. The van der Waals surface area contributed by atoms with Gasteiger partial charge in [-0.3, -0.25) is 4.79 Å². The van der Waals surface area contributed by atoms with Crippen LogP contribution in [0.4, 0.5) is 4.39 Å². The Bertz CT molecular complexity index is 366. The molecule has 0 saturated heterocycles. The van der Waals surface area contributed by atoms with Gasteiger partial charge in [0.2, 0.25) is 0 Å². The Balaban J connectivity index is 2.82. The van der Waals surface area contributed by atoms with E-state index in [0.29, 0.717) is 6.54 Å². The molecule has 1 unspecified atom stereocenters. The van der Waals surface area contributed by atoms with Crippen LogP contribution in [-0.4, -0.2) is 18.5 Å². The molecule has 0 aliphatic carbocycles. The monoisotopic (exact) mass is 210 g/mol. The van der Waals surface area contributed by atoms with Crippen molar-refractivity contribution in [3.63, 3.8) is 0 Å². The highest BCUT2D eigenvalue weighted by molar-refractivity contribution is 5.94. The SMILES string of the molecule is Cc1ccc(C(=O)NC(C)CN)c(F)c1. The van der Waals surface area contributed by atoms with Gasteiger partial charge in [0.15, 0.2) is 0 Å². The lowest BCUT2D eigenvalue weighted by molar-refractivity contribution is 0.0937. The summed E-state index contributed by atoms with van der Waals surface area (Å²) in [4.78, 5) is 11.5. The van der Waals surface area contributed by atoms with Gasteiger partial charge in [0.1, 0.15) is 5.82 Å². The number of carbonyl (C=O) groups is 1. The molecular weight excluding hydrogens is 195 g/mol. The zero-order valence-corrected chi connectivity index (χ0v) is 8.88. The van der Waals surface area contributed by atoms with Gasteiger partial charge in [0.05, 0.1) is 5.56 Å². The zero-order valence-electron chi connectivity index (χ0n) is 8.88. The van der Waals surface area contributed by atoms with Crippen molar-refractivity contribution in [3.8, 4) is 0 Å². The molecule has 1 atom stereocenters. The number of aryl methyl sites for hydroxylation is 1. The van der Waals surface area contributed by atoms with Crippen molar-refractivity contribution in [2.75, 3.05) is 6.54 Å². The summed E-state index contributed by atoms with van der Waals surface area (Å²) in [6.45, 7) is 3.87. The van der Waals surface area contributed by atoms with Crippen molar-refractivity contribution < 1.29 is 9.18 Å². The van der Waals surface area contributed by atoms with Crippen LogP contribution in [-0.2, 0) is 0 Å². The summed E-state index contributed by atoms with van der Waals surface area (Å²) in [6.07, 6.45) is 0. The molecule has 3 N–H and O–H groups in total. The van der Waals surface area contributed by atoms with Gasteiger partial charge in [0, 0.05) is 12.6 Å². The Morgan fingerprint density at radius 3 is 2.80 bits per heavy atom. The average Bonchev–Trinajstić information content (AvgIpc) is 2.17. The molecule has 0 radical (unpaired) electrons. The van der Waals surface area contributed by atoms with Gasteiger partial charge in [0.25, 0.3) is 5.91 Å². The maximum absolute atomic E-state index is 13.4. The number of rotatable bonds is 3. The molecule has 1 amide bonds. The molecule has 4 heteroatoms. The van der Waals surface area contributed by atoms with Crippen LogP contribution in [0.2, 0.25) is 0 Å². The minimum absolute atomic E-state index is 0.0564. The third-order valence-corrected chi connectivity index (χ3v) is 2.10. The molecule has 0 aromatic heterocycles. The van der Waals surface area contributed by atoms with Crippen LogP contribution in [0.25, 0.3) is 0 Å². The predicted molar refractivity (Wildman–Crippen MR) is 57.1 cm³/mol. The molecule has 82 valence electrons. The van der Waals surface area contributed by atoms with E-state index in [-0.39, 0.29) is 11.6 Å². The Morgan fingerprint density at radius 2 is 2.27 bits per heavy atom. The molecule has 3 nitrogen and oxygen atoms in total. The first kappa shape index (κ1) is 11.7. The molecule has 1 aromatic carbocycles. The fourth-order valence-electron chi connectivity index (χ4n) is 1.16. The second-order valence-corrected chi connectivity index (χ2v) is 3.59. The Morgan fingerprint density at radius 1 is 1.60 bits per heavy atom. The Labute approximate surface area is 88.5 Å². The second kappa shape index (κ2) is 4.89. The van der Waals surface area contributed by atoms with E-state index < -0.39 is 11.7 Å². The van der Waals surface area contributed by atoms with E-state index >= 15 is 0 Å². The molecule has 1 rings (SSSR count). The number of nitrogens with one attached hydrogen (secondary N) is 1. The van der Waals surface area contributed by atoms with Gasteiger partial charge in [-0.25, -0.2) is 4.39 Å². The molecule has 0 spiro atoms. The highest BCUT2D eigenvalue weighted by atomic mass is 19.1. The van der Waals surface area contributed by atoms with Crippen LogP contribution in [0.1, 0.15) is 22.8 Å². The standard InChI is InChI=1S/C11H15FN2O/c1-7-3-4-9(10(12)5-7)11(15)14-8(2)6-13/h3-5,8H,6,13H2,1-2H3,(H,14,15).